The molecule has 0 saturated carbocycles. The Morgan fingerprint density at radius 3 is 2.79 bits per heavy atom. The van der Waals surface area contributed by atoms with E-state index in [1.807, 2.05) is 0 Å². The van der Waals surface area contributed by atoms with Crippen LogP contribution in [0.3, 0.4) is 0 Å². The summed E-state index contributed by atoms with van der Waals surface area (Å²) in [6.07, 6.45) is 6.44. The van der Waals surface area contributed by atoms with E-state index in [1.54, 1.807) is 34.0 Å². The van der Waals surface area contributed by atoms with Crippen LogP contribution in [0.25, 0.3) is 5.69 Å². The second kappa shape index (κ2) is 7.44. The number of aliphatic hydroxyl groups excluding tert-OH is 1. The number of hydrogen-bond donors (Lipinski definition) is 2. The Hall–Kier alpha value is -2.41. The van der Waals surface area contributed by atoms with E-state index in [1.165, 1.54) is 12.4 Å². The molecule has 1 saturated heterocycles. The van der Waals surface area contributed by atoms with Gasteiger partial charge < -0.3 is 19.9 Å². The van der Waals surface area contributed by atoms with Crippen molar-refractivity contribution in [3.63, 3.8) is 0 Å². The lowest BCUT2D eigenvalue weighted by molar-refractivity contribution is 0.137. The molecule has 1 aromatic heterocycles. The third kappa shape index (κ3) is 3.73. The fraction of sp³-hybridized carbons (Fsp3) is 0.412. The molecule has 2 amide bonds. The van der Waals surface area contributed by atoms with Gasteiger partial charge in [-0.15, -0.1) is 0 Å². The van der Waals surface area contributed by atoms with Gasteiger partial charge in [-0.1, -0.05) is 6.07 Å². The molecule has 2 heterocycles. The highest BCUT2D eigenvalue weighted by atomic mass is 19.1. The largest absolute Gasteiger partial charge is 0.396 e. The minimum absolute atomic E-state index is 0.148. The zero-order chi connectivity index (χ0) is 16.9. The Balaban J connectivity index is 1.55. The fourth-order valence-electron chi connectivity index (χ4n) is 2.88. The van der Waals surface area contributed by atoms with Gasteiger partial charge in [-0.05, 0) is 36.5 Å². The first-order valence-corrected chi connectivity index (χ1v) is 8.08. The van der Waals surface area contributed by atoms with Crippen LogP contribution in [0.2, 0.25) is 0 Å². The number of urea groups is 1. The van der Waals surface area contributed by atoms with Crippen molar-refractivity contribution in [3.05, 3.63) is 48.3 Å². The van der Waals surface area contributed by atoms with Crippen LogP contribution in [0.5, 0.6) is 0 Å². The van der Waals surface area contributed by atoms with Gasteiger partial charge in [0.1, 0.15) is 5.82 Å². The molecule has 0 aliphatic carbocycles. The van der Waals surface area contributed by atoms with Crippen LogP contribution in [-0.4, -0.2) is 45.3 Å². The number of hydrogen-bond acceptors (Lipinski definition) is 3. The second-order valence-electron chi connectivity index (χ2n) is 6.03. The summed E-state index contributed by atoms with van der Waals surface area (Å²) < 4.78 is 15.8. The highest BCUT2D eigenvalue weighted by molar-refractivity contribution is 5.74. The van der Waals surface area contributed by atoms with Crippen molar-refractivity contribution in [1.82, 2.24) is 19.8 Å². The number of nitrogens with zero attached hydrogens (tertiary/aromatic N) is 3. The average molecular weight is 332 g/mol. The molecule has 0 unspecified atom stereocenters. The Labute approximate surface area is 139 Å². The fourth-order valence-corrected chi connectivity index (χ4v) is 2.88. The lowest BCUT2D eigenvalue weighted by Gasteiger charge is -2.31. The Bertz CT molecular complexity index is 682. The van der Waals surface area contributed by atoms with Crippen LogP contribution in [-0.2, 0) is 6.54 Å². The monoisotopic (exact) mass is 332 g/mol. The second-order valence-corrected chi connectivity index (χ2v) is 6.03. The molecule has 2 N–H and O–H groups in total. The smallest absolute Gasteiger partial charge is 0.317 e. The van der Waals surface area contributed by atoms with Gasteiger partial charge in [0.15, 0.2) is 0 Å². The summed E-state index contributed by atoms with van der Waals surface area (Å²) in [5.41, 5.74) is 1.13. The zero-order valence-electron chi connectivity index (χ0n) is 13.4. The Morgan fingerprint density at radius 1 is 1.38 bits per heavy atom. The molecule has 24 heavy (non-hydrogen) atoms. The molecule has 128 valence electrons. The number of imidazole rings is 1. The minimum Gasteiger partial charge on any atom is -0.396 e. The molecule has 0 bridgehead atoms. The number of benzene rings is 1. The first-order chi connectivity index (χ1) is 11.7. The van der Waals surface area contributed by atoms with Crippen molar-refractivity contribution in [2.45, 2.75) is 19.4 Å². The number of halogens is 1. The highest BCUT2D eigenvalue weighted by Crippen LogP contribution is 2.17. The van der Waals surface area contributed by atoms with Crippen molar-refractivity contribution in [1.29, 1.82) is 0 Å². The molecule has 0 radical (unpaired) electrons. The molecule has 1 aliphatic heterocycles. The molecule has 7 heteroatoms. The maximum absolute atomic E-state index is 14.2. The van der Waals surface area contributed by atoms with E-state index < -0.39 is 0 Å². The summed E-state index contributed by atoms with van der Waals surface area (Å²) >= 11 is 0. The third-order valence-corrected chi connectivity index (χ3v) is 4.40. The summed E-state index contributed by atoms with van der Waals surface area (Å²) in [7, 11) is 0. The molecular formula is C17H21FN4O2. The number of carbonyl (C=O) groups is 1. The van der Waals surface area contributed by atoms with Crippen LogP contribution in [0, 0.1) is 11.7 Å². The Kier molecular flexibility index (Phi) is 5.10. The van der Waals surface area contributed by atoms with E-state index in [9.17, 15) is 9.18 Å². The van der Waals surface area contributed by atoms with E-state index >= 15 is 0 Å². The number of likely N-dealkylation sites (tertiary alicyclic amines) is 1. The molecule has 1 fully saturated rings. The number of piperidine rings is 1. The summed E-state index contributed by atoms with van der Waals surface area (Å²) in [6, 6.07) is 4.74. The van der Waals surface area contributed by atoms with E-state index in [-0.39, 0.29) is 25.0 Å². The standard InChI is InChI=1S/C17H21FN4O2/c18-15-9-14(1-2-16(15)22-8-5-19-12-22)10-20-17(24)21-6-3-13(11-23)4-7-21/h1-2,5,8-9,12-13,23H,3-4,6-7,10-11H2,(H,20,24). The summed E-state index contributed by atoms with van der Waals surface area (Å²) in [5.74, 6) is -0.0672. The van der Waals surface area contributed by atoms with Gasteiger partial charge in [0.25, 0.3) is 0 Å². The SMILES string of the molecule is O=C(NCc1ccc(-n2ccnc2)c(F)c1)N1CCC(CO)CC1. The van der Waals surface area contributed by atoms with E-state index in [2.05, 4.69) is 10.3 Å². The van der Waals surface area contributed by atoms with Crippen LogP contribution in [0.1, 0.15) is 18.4 Å². The van der Waals surface area contributed by atoms with Gasteiger partial charge in [0.05, 0.1) is 12.0 Å². The molecular weight excluding hydrogens is 311 g/mol. The first kappa shape index (κ1) is 16.4. The molecule has 0 atom stereocenters. The number of aliphatic hydroxyl groups is 1. The third-order valence-electron chi connectivity index (χ3n) is 4.40. The van der Waals surface area contributed by atoms with Gasteiger partial charge in [-0.2, -0.15) is 0 Å². The summed E-state index contributed by atoms with van der Waals surface area (Å²) in [4.78, 5) is 17.8. The van der Waals surface area contributed by atoms with Crippen LogP contribution >= 0.6 is 0 Å². The number of carbonyl (C=O) groups excluding carboxylic acids is 1. The molecule has 6 nitrogen and oxygen atoms in total. The van der Waals surface area contributed by atoms with E-state index in [0.29, 0.717) is 30.3 Å². The summed E-state index contributed by atoms with van der Waals surface area (Å²) in [5, 5.41) is 11.9. The van der Waals surface area contributed by atoms with Gasteiger partial charge in [-0.25, -0.2) is 14.2 Å². The van der Waals surface area contributed by atoms with Crippen molar-refractivity contribution in [2.75, 3.05) is 19.7 Å². The topological polar surface area (TPSA) is 70.4 Å². The van der Waals surface area contributed by atoms with E-state index in [4.69, 9.17) is 5.11 Å². The molecule has 0 spiro atoms. The molecule has 1 aromatic carbocycles. The van der Waals surface area contributed by atoms with Crippen molar-refractivity contribution >= 4 is 6.03 Å². The molecule has 1 aliphatic rings. The van der Waals surface area contributed by atoms with Crippen molar-refractivity contribution < 1.29 is 14.3 Å². The van der Waals surface area contributed by atoms with E-state index in [0.717, 1.165) is 12.8 Å². The number of rotatable bonds is 4. The van der Waals surface area contributed by atoms with Crippen LogP contribution in [0.15, 0.2) is 36.9 Å². The molecule has 2 aromatic rings. The van der Waals surface area contributed by atoms with Gasteiger partial charge in [-0.3, -0.25) is 0 Å². The number of aromatic nitrogens is 2. The van der Waals surface area contributed by atoms with Crippen LogP contribution < -0.4 is 5.32 Å². The van der Waals surface area contributed by atoms with Crippen molar-refractivity contribution in [2.24, 2.45) is 5.92 Å². The average Bonchev–Trinajstić information content (AvgIpc) is 3.14. The number of nitrogens with one attached hydrogen (secondary N) is 1. The lowest BCUT2D eigenvalue weighted by Crippen LogP contribution is -2.44. The minimum atomic E-state index is -0.358. The van der Waals surface area contributed by atoms with Crippen molar-refractivity contribution in [3.8, 4) is 5.69 Å². The van der Waals surface area contributed by atoms with Gasteiger partial charge >= 0.3 is 6.03 Å². The lowest BCUT2D eigenvalue weighted by atomic mass is 9.98. The van der Waals surface area contributed by atoms with Gasteiger partial charge in [0.2, 0.25) is 0 Å². The number of amides is 2. The maximum Gasteiger partial charge on any atom is 0.317 e. The quantitative estimate of drug-likeness (QED) is 0.899. The predicted octanol–water partition coefficient (Wildman–Crippen LogP) is 1.93. The Morgan fingerprint density at radius 2 is 2.17 bits per heavy atom. The van der Waals surface area contributed by atoms with Gasteiger partial charge in [0, 0.05) is 38.6 Å². The summed E-state index contributed by atoms with van der Waals surface area (Å²) in [6.45, 7) is 1.74. The normalized spacial score (nSPS) is 15.5. The molecule has 3 rings (SSSR count). The van der Waals surface area contributed by atoms with Crippen LogP contribution in [0.4, 0.5) is 9.18 Å². The predicted molar refractivity (Wildman–Crippen MR) is 87.1 cm³/mol. The zero-order valence-corrected chi connectivity index (χ0v) is 13.4. The maximum atomic E-state index is 14.2. The first-order valence-electron chi connectivity index (χ1n) is 8.08. The highest BCUT2D eigenvalue weighted by Gasteiger charge is 2.21.